The summed E-state index contributed by atoms with van der Waals surface area (Å²) in [5, 5.41) is 0.629. The van der Waals surface area contributed by atoms with Crippen LogP contribution in [0.4, 0.5) is 0 Å². The van der Waals surface area contributed by atoms with Crippen LogP contribution in [0.15, 0.2) is 12.3 Å². The van der Waals surface area contributed by atoms with Crippen LogP contribution in [0.5, 0.6) is 0 Å². The molecule has 2 aromatic heterocycles. The molecule has 108 valence electrons. The van der Waals surface area contributed by atoms with Crippen molar-refractivity contribution in [1.29, 1.82) is 0 Å². The van der Waals surface area contributed by atoms with Gasteiger partial charge in [-0.2, -0.15) is 0 Å². The number of hydrogen-bond acceptors (Lipinski definition) is 3. The van der Waals surface area contributed by atoms with Crippen molar-refractivity contribution < 1.29 is 0 Å². The number of halogens is 1. The molecule has 0 radical (unpaired) electrons. The van der Waals surface area contributed by atoms with Gasteiger partial charge in [-0.15, -0.1) is 0 Å². The summed E-state index contributed by atoms with van der Waals surface area (Å²) < 4.78 is 2.78. The molecule has 0 amide bonds. The Hall–Kier alpha value is -0.910. The summed E-state index contributed by atoms with van der Waals surface area (Å²) in [5.41, 5.74) is 1.80. The van der Waals surface area contributed by atoms with Gasteiger partial charge >= 0.3 is 0 Å². The van der Waals surface area contributed by atoms with Crippen molar-refractivity contribution in [3.05, 3.63) is 22.1 Å². The lowest BCUT2D eigenvalue weighted by Gasteiger charge is -2.24. The molecule has 4 nitrogen and oxygen atoms in total. The maximum absolute atomic E-state index is 5.96. The topological polar surface area (TPSA) is 36.9 Å². The average Bonchev–Trinajstić information content (AvgIpc) is 3.03. The Balaban J connectivity index is 1.77. The fourth-order valence-corrected chi connectivity index (χ4v) is 3.46. The molecule has 1 saturated carbocycles. The lowest BCUT2D eigenvalue weighted by atomic mass is 10.2. The molecule has 0 atom stereocenters. The summed E-state index contributed by atoms with van der Waals surface area (Å²) in [6.45, 7) is 1.86. The van der Waals surface area contributed by atoms with Crippen LogP contribution < -0.4 is 0 Å². The zero-order valence-corrected chi connectivity index (χ0v) is 13.2. The third-order valence-corrected chi connectivity index (χ3v) is 4.73. The first-order chi connectivity index (χ1) is 9.65. The first-order valence-corrected chi connectivity index (χ1v) is 7.88. The minimum Gasteiger partial charge on any atom is -0.329 e. The van der Waals surface area contributed by atoms with Crippen LogP contribution in [0.1, 0.15) is 25.7 Å². The second-order valence-corrected chi connectivity index (χ2v) is 6.35. The molecule has 0 aromatic carbocycles. The first-order valence-electron chi connectivity index (χ1n) is 7.09. The molecule has 2 heterocycles. The van der Waals surface area contributed by atoms with E-state index in [1.165, 1.54) is 25.7 Å². The van der Waals surface area contributed by atoms with Gasteiger partial charge in [-0.25, -0.2) is 4.98 Å². The fraction of sp³-hybridized carbons (Fsp3) is 0.571. The van der Waals surface area contributed by atoms with E-state index < -0.39 is 0 Å². The van der Waals surface area contributed by atoms with E-state index >= 15 is 0 Å². The zero-order valence-electron chi connectivity index (χ0n) is 11.6. The number of hydrogen-bond donors (Lipinski definition) is 1. The third kappa shape index (κ3) is 2.75. The molecule has 0 bridgehead atoms. The second kappa shape index (κ2) is 5.84. The Morgan fingerprint density at radius 2 is 2.25 bits per heavy atom. The molecule has 3 rings (SSSR count). The van der Waals surface area contributed by atoms with Gasteiger partial charge in [0.05, 0.1) is 10.5 Å². The monoisotopic (exact) mass is 310 g/mol. The summed E-state index contributed by atoms with van der Waals surface area (Å²) >= 11 is 11.3. The molecule has 1 fully saturated rings. The van der Waals surface area contributed by atoms with Gasteiger partial charge in [0.25, 0.3) is 0 Å². The molecule has 0 saturated heterocycles. The summed E-state index contributed by atoms with van der Waals surface area (Å²) in [6.07, 6.45) is 7.04. The minimum atomic E-state index is 0.629. The smallest absolute Gasteiger partial charge is 0.179 e. The standard InChI is InChI=1S/C14H19ClN4S/c1-18(11-4-2-3-5-11)6-7-19-13-12(17-14(19)20)8-10(15)9-16-13/h8-9,11H,2-7H2,1H3,(H,17,20). The SMILES string of the molecule is CN(CCn1c(=S)[nH]c2cc(Cl)cnc21)C1CCCC1. The summed E-state index contributed by atoms with van der Waals surface area (Å²) in [7, 11) is 2.21. The van der Waals surface area contributed by atoms with E-state index in [4.69, 9.17) is 23.8 Å². The van der Waals surface area contributed by atoms with Gasteiger partial charge in [-0.3, -0.25) is 0 Å². The number of pyridine rings is 1. The second-order valence-electron chi connectivity index (χ2n) is 5.53. The molecule has 1 N–H and O–H groups in total. The maximum Gasteiger partial charge on any atom is 0.179 e. The van der Waals surface area contributed by atoms with Crippen LogP contribution in [0.3, 0.4) is 0 Å². The molecular formula is C14H19ClN4S. The van der Waals surface area contributed by atoms with Crippen LogP contribution >= 0.6 is 23.8 Å². The minimum absolute atomic E-state index is 0.629. The highest BCUT2D eigenvalue weighted by Crippen LogP contribution is 2.22. The quantitative estimate of drug-likeness (QED) is 0.876. The average molecular weight is 311 g/mol. The van der Waals surface area contributed by atoms with Crippen molar-refractivity contribution >= 4 is 35.0 Å². The van der Waals surface area contributed by atoms with Gasteiger partial charge in [0.2, 0.25) is 0 Å². The molecule has 1 aliphatic carbocycles. The highest BCUT2D eigenvalue weighted by Gasteiger charge is 2.19. The Morgan fingerprint density at radius 1 is 1.50 bits per heavy atom. The summed E-state index contributed by atoms with van der Waals surface area (Å²) in [6, 6.07) is 2.61. The van der Waals surface area contributed by atoms with E-state index in [1.807, 2.05) is 6.07 Å². The van der Waals surface area contributed by atoms with Crippen molar-refractivity contribution in [2.45, 2.75) is 38.3 Å². The first kappa shape index (κ1) is 14.0. The van der Waals surface area contributed by atoms with Gasteiger partial charge in [0.15, 0.2) is 10.4 Å². The van der Waals surface area contributed by atoms with Crippen LogP contribution in [-0.2, 0) is 6.54 Å². The molecule has 0 spiro atoms. The number of H-pyrrole nitrogens is 1. The number of rotatable bonds is 4. The number of imidazole rings is 1. The summed E-state index contributed by atoms with van der Waals surface area (Å²) in [5.74, 6) is 0. The highest BCUT2D eigenvalue weighted by atomic mass is 35.5. The summed E-state index contributed by atoms with van der Waals surface area (Å²) in [4.78, 5) is 10.0. The predicted octanol–water partition coefficient (Wildman–Crippen LogP) is 3.62. The van der Waals surface area contributed by atoms with E-state index in [0.717, 1.165) is 35.1 Å². The molecule has 2 aromatic rings. The normalized spacial score (nSPS) is 16.6. The predicted molar refractivity (Wildman–Crippen MR) is 84.8 cm³/mol. The molecule has 20 heavy (non-hydrogen) atoms. The Bertz CT molecular complexity index is 657. The number of fused-ring (bicyclic) bond motifs is 1. The lowest BCUT2D eigenvalue weighted by Crippen LogP contribution is -2.32. The van der Waals surface area contributed by atoms with Crippen molar-refractivity contribution in [2.24, 2.45) is 0 Å². The van der Waals surface area contributed by atoms with E-state index in [2.05, 4.69) is 26.5 Å². The van der Waals surface area contributed by atoms with E-state index in [-0.39, 0.29) is 0 Å². The molecular weight excluding hydrogens is 292 g/mol. The fourth-order valence-electron chi connectivity index (χ4n) is 3.01. The van der Waals surface area contributed by atoms with Crippen molar-refractivity contribution in [3.8, 4) is 0 Å². The van der Waals surface area contributed by atoms with E-state index in [9.17, 15) is 0 Å². The Kier molecular flexibility index (Phi) is 4.10. The van der Waals surface area contributed by atoms with Crippen molar-refractivity contribution in [2.75, 3.05) is 13.6 Å². The number of aromatic amines is 1. The Morgan fingerprint density at radius 3 is 3.00 bits per heavy atom. The van der Waals surface area contributed by atoms with Crippen molar-refractivity contribution in [3.63, 3.8) is 0 Å². The number of aromatic nitrogens is 3. The largest absolute Gasteiger partial charge is 0.329 e. The van der Waals surface area contributed by atoms with Crippen LogP contribution in [0.2, 0.25) is 5.02 Å². The molecule has 0 unspecified atom stereocenters. The third-order valence-electron chi connectivity index (χ3n) is 4.20. The number of nitrogens with zero attached hydrogens (tertiary/aromatic N) is 3. The lowest BCUT2D eigenvalue weighted by molar-refractivity contribution is 0.237. The van der Waals surface area contributed by atoms with Gasteiger partial charge in [-0.1, -0.05) is 24.4 Å². The number of nitrogens with one attached hydrogen (secondary N) is 1. The van der Waals surface area contributed by atoms with Crippen molar-refractivity contribution in [1.82, 2.24) is 19.4 Å². The Labute approximate surface area is 128 Å². The maximum atomic E-state index is 5.96. The van der Waals surface area contributed by atoms with Crippen LogP contribution in [0, 0.1) is 4.77 Å². The molecule has 6 heteroatoms. The van der Waals surface area contributed by atoms with Crippen LogP contribution in [-0.4, -0.2) is 39.1 Å². The highest BCUT2D eigenvalue weighted by molar-refractivity contribution is 7.71. The van der Waals surface area contributed by atoms with E-state index in [1.54, 1.807) is 6.20 Å². The van der Waals surface area contributed by atoms with Gasteiger partial charge < -0.3 is 14.5 Å². The zero-order chi connectivity index (χ0) is 14.1. The van der Waals surface area contributed by atoms with Gasteiger partial charge in [0.1, 0.15) is 0 Å². The van der Waals surface area contributed by atoms with Gasteiger partial charge in [0, 0.05) is 25.3 Å². The number of likely N-dealkylation sites (N-methyl/N-ethyl adjacent to an activating group) is 1. The van der Waals surface area contributed by atoms with E-state index in [0.29, 0.717) is 5.02 Å². The molecule has 0 aliphatic heterocycles. The van der Waals surface area contributed by atoms with Gasteiger partial charge in [-0.05, 0) is 38.2 Å². The molecule has 1 aliphatic rings. The van der Waals surface area contributed by atoms with Crippen LogP contribution in [0.25, 0.3) is 11.2 Å².